The number of hydrogen-bond donors (Lipinski definition) is 1. The van der Waals surface area contributed by atoms with Crippen molar-refractivity contribution < 1.29 is 14.5 Å². The molecule has 0 aromatic heterocycles. The van der Waals surface area contributed by atoms with Gasteiger partial charge in [0, 0.05) is 12.6 Å². The van der Waals surface area contributed by atoms with Gasteiger partial charge < -0.3 is 10.6 Å². The summed E-state index contributed by atoms with van der Waals surface area (Å²) in [6.07, 6.45) is 2.13. The van der Waals surface area contributed by atoms with E-state index in [1.165, 1.54) is 23.1 Å². The maximum Gasteiger partial charge on any atom is 0.284 e. The molecule has 0 spiro atoms. The fourth-order valence-electron chi connectivity index (χ4n) is 2.45. The van der Waals surface area contributed by atoms with Gasteiger partial charge in [0.15, 0.2) is 0 Å². The lowest BCUT2D eigenvalue weighted by atomic mass is 10.00. The van der Waals surface area contributed by atoms with Crippen molar-refractivity contribution in [2.75, 3.05) is 6.54 Å². The Hall–Kier alpha value is -1.96. The van der Waals surface area contributed by atoms with Crippen LogP contribution < -0.4 is 5.73 Å². The van der Waals surface area contributed by atoms with Gasteiger partial charge in [-0.05, 0) is 41.3 Å². The lowest BCUT2D eigenvalue weighted by molar-refractivity contribution is -0.385. The number of nitro benzene ring substituents is 1. The summed E-state index contributed by atoms with van der Waals surface area (Å²) in [6.45, 7) is 0.418. The predicted octanol–water partition coefficient (Wildman–Crippen LogP) is 1.84. The third-order valence-corrected chi connectivity index (χ3v) is 4.33. The second-order valence-corrected chi connectivity index (χ2v) is 5.60. The third-order valence-electron chi connectivity index (χ3n) is 3.50. The molecule has 1 heterocycles. The number of piperidine rings is 1. The molecule has 0 saturated carbocycles. The Morgan fingerprint density at radius 1 is 1.38 bits per heavy atom. The zero-order valence-corrected chi connectivity index (χ0v) is 12.7. The minimum atomic E-state index is -0.655. The van der Waals surface area contributed by atoms with Crippen LogP contribution in [-0.4, -0.2) is 34.2 Å². The van der Waals surface area contributed by atoms with Crippen molar-refractivity contribution >= 4 is 33.4 Å². The molecule has 0 radical (unpaired) electrons. The van der Waals surface area contributed by atoms with Gasteiger partial charge in [0.25, 0.3) is 11.6 Å². The number of carbonyl (C=O) groups is 2. The van der Waals surface area contributed by atoms with Crippen LogP contribution in [0.3, 0.4) is 0 Å². The Morgan fingerprint density at radius 2 is 2.10 bits per heavy atom. The molecule has 0 bridgehead atoms. The van der Waals surface area contributed by atoms with E-state index in [2.05, 4.69) is 15.9 Å². The number of primary amides is 1. The summed E-state index contributed by atoms with van der Waals surface area (Å²) in [5.74, 6) is -0.973. The quantitative estimate of drug-likeness (QED) is 0.659. The lowest BCUT2D eigenvalue weighted by Gasteiger charge is -2.33. The van der Waals surface area contributed by atoms with Crippen LogP contribution in [0.15, 0.2) is 22.7 Å². The summed E-state index contributed by atoms with van der Waals surface area (Å²) < 4.78 is 0.119. The molecule has 1 fully saturated rings. The van der Waals surface area contributed by atoms with Gasteiger partial charge in [0.2, 0.25) is 5.91 Å². The van der Waals surface area contributed by atoms with Gasteiger partial charge >= 0.3 is 0 Å². The monoisotopic (exact) mass is 355 g/mol. The molecular formula is C13H14BrN3O4. The van der Waals surface area contributed by atoms with Crippen LogP contribution in [0, 0.1) is 10.1 Å². The van der Waals surface area contributed by atoms with Gasteiger partial charge in [-0.1, -0.05) is 6.07 Å². The molecule has 2 N–H and O–H groups in total. The van der Waals surface area contributed by atoms with E-state index in [0.29, 0.717) is 13.0 Å². The average molecular weight is 356 g/mol. The van der Waals surface area contributed by atoms with Crippen molar-refractivity contribution in [3.8, 4) is 0 Å². The molecule has 2 amide bonds. The molecule has 1 atom stereocenters. The molecule has 7 nitrogen and oxygen atoms in total. The number of nitro groups is 1. The highest BCUT2D eigenvalue weighted by Gasteiger charge is 2.33. The molecule has 1 aliphatic rings. The molecule has 2 rings (SSSR count). The number of amides is 2. The van der Waals surface area contributed by atoms with Crippen LogP contribution in [0.25, 0.3) is 0 Å². The number of benzene rings is 1. The van der Waals surface area contributed by atoms with Gasteiger partial charge in [0.1, 0.15) is 10.5 Å². The van der Waals surface area contributed by atoms with E-state index >= 15 is 0 Å². The van der Waals surface area contributed by atoms with E-state index in [1.54, 1.807) is 0 Å². The topological polar surface area (TPSA) is 107 Å². The van der Waals surface area contributed by atoms with Gasteiger partial charge in [-0.2, -0.15) is 0 Å². The van der Waals surface area contributed by atoms with Crippen molar-refractivity contribution in [2.45, 2.75) is 25.3 Å². The predicted molar refractivity (Wildman–Crippen MR) is 78.7 cm³/mol. The van der Waals surface area contributed by atoms with Crippen LogP contribution in [0.5, 0.6) is 0 Å². The van der Waals surface area contributed by atoms with Crippen LogP contribution in [0.1, 0.15) is 29.6 Å². The summed E-state index contributed by atoms with van der Waals surface area (Å²) in [4.78, 5) is 35.8. The highest BCUT2D eigenvalue weighted by Crippen LogP contribution is 2.30. The van der Waals surface area contributed by atoms with E-state index in [4.69, 9.17) is 5.73 Å². The highest BCUT2D eigenvalue weighted by atomic mass is 79.9. The Labute approximate surface area is 129 Å². The molecule has 1 aromatic carbocycles. The first-order chi connectivity index (χ1) is 9.93. The standard InChI is InChI=1S/C13H14BrN3O4/c14-11-8(4-3-6-9(11)17(20)21)13(19)16-7-2-1-5-10(16)12(15)18/h3-4,6,10H,1-2,5,7H2,(H2,15,18). The minimum Gasteiger partial charge on any atom is -0.368 e. The van der Waals surface area contributed by atoms with Gasteiger partial charge in [-0.3, -0.25) is 19.7 Å². The highest BCUT2D eigenvalue weighted by molar-refractivity contribution is 9.10. The zero-order chi connectivity index (χ0) is 15.6. The maximum absolute atomic E-state index is 12.6. The maximum atomic E-state index is 12.6. The number of nitrogens with two attached hydrogens (primary N) is 1. The first-order valence-electron chi connectivity index (χ1n) is 6.46. The fourth-order valence-corrected chi connectivity index (χ4v) is 3.03. The second-order valence-electron chi connectivity index (χ2n) is 4.81. The smallest absolute Gasteiger partial charge is 0.284 e. The summed E-state index contributed by atoms with van der Waals surface area (Å²) in [5.41, 5.74) is 5.31. The number of carbonyl (C=O) groups excluding carboxylic acids is 2. The summed E-state index contributed by atoms with van der Waals surface area (Å²) in [6, 6.07) is 3.59. The van der Waals surface area contributed by atoms with Gasteiger partial charge in [-0.25, -0.2) is 0 Å². The number of halogens is 1. The van der Waals surface area contributed by atoms with E-state index in [1.807, 2.05) is 0 Å². The molecule has 1 unspecified atom stereocenters. The molecule has 8 heteroatoms. The molecule has 1 aliphatic heterocycles. The molecular weight excluding hydrogens is 342 g/mol. The summed E-state index contributed by atoms with van der Waals surface area (Å²) >= 11 is 3.10. The third kappa shape index (κ3) is 3.05. The van der Waals surface area contributed by atoms with Crippen LogP contribution >= 0.6 is 15.9 Å². The molecule has 21 heavy (non-hydrogen) atoms. The number of rotatable bonds is 3. The van der Waals surface area contributed by atoms with Gasteiger partial charge in [-0.15, -0.1) is 0 Å². The van der Waals surface area contributed by atoms with Gasteiger partial charge in [0.05, 0.1) is 10.5 Å². The number of hydrogen-bond acceptors (Lipinski definition) is 4. The zero-order valence-electron chi connectivity index (χ0n) is 11.1. The Balaban J connectivity index is 2.37. The van der Waals surface area contributed by atoms with Crippen LogP contribution in [0.4, 0.5) is 5.69 Å². The Morgan fingerprint density at radius 3 is 2.71 bits per heavy atom. The SMILES string of the molecule is NC(=O)C1CCCCN1C(=O)c1cccc([N+](=O)[O-])c1Br. The molecule has 0 aliphatic carbocycles. The fraction of sp³-hybridized carbons (Fsp3) is 0.385. The van der Waals surface area contributed by atoms with E-state index in [9.17, 15) is 19.7 Å². The molecule has 1 saturated heterocycles. The van der Waals surface area contributed by atoms with Crippen LogP contribution in [-0.2, 0) is 4.79 Å². The lowest BCUT2D eigenvalue weighted by Crippen LogP contribution is -2.50. The molecule has 1 aromatic rings. The van der Waals surface area contributed by atoms with Crippen molar-refractivity contribution in [2.24, 2.45) is 5.73 Å². The normalized spacial score (nSPS) is 18.3. The Kier molecular flexibility index (Phi) is 4.56. The summed E-state index contributed by atoms with van der Waals surface area (Å²) in [7, 11) is 0. The second kappa shape index (κ2) is 6.21. The van der Waals surface area contributed by atoms with Crippen molar-refractivity contribution in [1.82, 2.24) is 4.90 Å². The van der Waals surface area contributed by atoms with E-state index < -0.39 is 22.8 Å². The van der Waals surface area contributed by atoms with E-state index in [-0.39, 0.29) is 15.7 Å². The Bertz CT molecular complexity index is 605. The first kappa shape index (κ1) is 15.4. The van der Waals surface area contributed by atoms with E-state index in [0.717, 1.165) is 12.8 Å². The number of likely N-dealkylation sites (tertiary alicyclic amines) is 1. The van der Waals surface area contributed by atoms with Crippen molar-refractivity contribution in [1.29, 1.82) is 0 Å². The average Bonchev–Trinajstić information content (AvgIpc) is 2.46. The minimum absolute atomic E-state index is 0.119. The van der Waals surface area contributed by atoms with Crippen molar-refractivity contribution in [3.63, 3.8) is 0 Å². The molecule has 112 valence electrons. The number of nitrogens with zero attached hydrogens (tertiary/aromatic N) is 2. The summed E-state index contributed by atoms with van der Waals surface area (Å²) in [5, 5.41) is 10.9. The van der Waals surface area contributed by atoms with Crippen molar-refractivity contribution in [3.05, 3.63) is 38.3 Å². The largest absolute Gasteiger partial charge is 0.368 e. The first-order valence-corrected chi connectivity index (χ1v) is 7.26. The van der Waals surface area contributed by atoms with Crippen LogP contribution in [0.2, 0.25) is 0 Å².